The molecule has 0 saturated heterocycles. The van der Waals surface area contributed by atoms with E-state index in [1.165, 1.54) is 25.3 Å². The van der Waals surface area contributed by atoms with Crippen LogP contribution in [-0.4, -0.2) is 8.07 Å². The molecule has 0 saturated carbocycles. The van der Waals surface area contributed by atoms with Gasteiger partial charge in [-0.2, -0.15) is 0 Å². The van der Waals surface area contributed by atoms with E-state index in [-0.39, 0.29) is 0 Å². The van der Waals surface area contributed by atoms with E-state index in [1.54, 1.807) is 0 Å². The molecule has 0 fully saturated rings. The molecule has 0 aliphatic carbocycles. The normalized spacial score (nSPS) is 12.7. The van der Waals surface area contributed by atoms with Crippen molar-refractivity contribution in [1.29, 1.82) is 0 Å². The van der Waals surface area contributed by atoms with Gasteiger partial charge in [0.1, 0.15) is 0 Å². The summed E-state index contributed by atoms with van der Waals surface area (Å²) in [5.41, 5.74) is 0. The summed E-state index contributed by atoms with van der Waals surface area (Å²) in [7, 11) is -0.741. The molecular weight excluding hydrogens is 148 g/mol. The van der Waals surface area contributed by atoms with Crippen LogP contribution in [0.4, 0.5) is 0 Å². The first-order chi connectivity index (χ1) is 5.06. The second-order valence-electron chi connectivity index (χ2n) is 4.38. The van der Waals surface area contributed by atoms with E-state index in [0.29, 0.717) is 0 Å². The molecule has 0 spiro atoms. The minimum Gasteiger partial charge on any atom is -0.0917 e. The Balaban J connectivity index is 3.15. The van der Waals surface area contributed by atoms with Crippen LogP contribution in [0.3, 0.4) is 0 Å². The quantitative estimate of drug-likeness (QED) is 0.331. The Morgan fingerprint density at radius 3 is 2.18 bits per heavy atom. The van der Waals surface area contributed by atoms with Gasteiger partial charge in [-0.05, 0) is 13.3 Å². The first-order valence-corrected chi connectivity index (χ1v) is 8.38. The lowest BCUT2D eigenvalue weighted by Gasteiger charge is -2.14. The van der Waals surface area contributed by atoms with Crippen LogP contribution in [0, 0.1) is 0 Å². The SMILES string of the molecule is C/C=C/CCCC[Si](C)(C)C. The van der Waals surface area contributed by atoms with Crippen LogP contribution < -0.4 is 0 Å². The van der Waals surface area contributed by atoms with Gasteiger partial charge in [0.05, 0.1) is 0 Å². The monoisotopic (exact) mass is 170 g/mol. The second-order valence-corrected chi connectivity index (χ2v) is 10.00. The van der Waals surface area contributed by atoms with Gasteiger partial charge >= 0.3 is 0 Å². The Kier molecular flexibility index (Phi) is 5.57. The molecule has 0 unspecified atom stereocenters. The molecule has 0 bridgehead atoms. The summed E-state index contributed by atoms with van der Waals surface area (Å²) in [4.78, 5) is 0. The van der Waals surface area contributed by atoms with Crippen molar-refractivity contribution in [3.05, 3.63) is 12.2 Å². The Morgan fingerprint density at radius 2 is 1.73 bits per heavy atom. The first kappa shape index (κ1) is 11.0. The number of rotatable bonds is 5. The van der Waals surface area contributed by atoms with Gasteiger partial charge in [0.25, 0.3) is 0 Å². The van der Waals surface area contributed by atoms with Crippen molar-refractivity contribution in [2.24, 2.45) is 0 Å². The molecule has 0 rings (SSSR count). The zero-order valence-corrected chi connectivity index (χ0v) is 9.48. The van der Waals surface area contributed by atoms with Crippen LogP contribution in [0.1, 0.15) is 26.2 Å². The predicted octanol–water partition coefficient (Wildman–Crippen LogP) is 4.07. The summed E-state index contributed by atoms with van der Waals surface area (Å²) in [5.74, 6) is 0. The summed E-state index contributed by atoms with van der Waals surface area (Å²) in [6.45, 7) is 9.44. The van der Waals surface area contributed by atoms with Crippen molar-refractivity contribution in [2.75, 3.05) is 0 Å². The fourth-order valence-electron chi connectivity index (χ4n) is 1.08. The molecule has 0 amide bonds. The molecule has 0 aromatic heterocycles. The fraction of sp³-hybridized carbons (Fsp3) is 0.800. The summed E-state index contributed by atoms with van der Waals surface area (Å²) in [6.07, 6.45) is 8.51. The van der Waals surface area contributed by atoms with E-state index in [2.05, 4.69) is 38.7 Å². The smallest absolute Gasteiger partial charge is 0.0442 e. The van der Waals surface area contributed by atoms with Crippen LogP contribution in [0.5, 0.6) is 0 Å². The highest BCUT2D eigenvalue weighted by molar-refractivity contribution is 6.76. The minimum absolute atomic E-state index is 0.741. The van der Waals surface area contributed by atoms with Gasteiger partial charge in [-0.15, -0.1) is 0 Å². The molecule has 0 aliphatic rings. The molecule has 0 nitrogen and oxygen atoms in total. The van der Waals surface area contributed by atoms with Crippen LogP contribution in [0.2, 0.25) is 25.7 Å². The standard InChI is InChI=1S/C10H22Si/c1-5-6-7-8-9-10-11(2,3)4/h5-6H,7-10H2,1-4H3/b6-5+. The topological polar surface area (TPSA) is 0 Å². The van der Waals surface area contributed by atoms with Crippen molar-refractivity contribution in [3.8, 4) is 0 Å². The minimum atomic E-state index is -0.741. The predicted molar refractivity (Wildman–Crippen MR) is 56.8 cm³/mol. The van der Waals surface area contributed by atoms with Crippen molar-refractivity contribution in [2.45, 2.75) is 51.9 Å². The van der Waals surface area contributed by atoms with Gasteiger partial charge in [0.15, 0.2) is 0 Å². The molecule has 0 aliphatic heterocycles. The maximum atomic E-state index is 2.45. The summed E-state index contributed by atoms with van der Waals surface area (Å²) in [5, 5.41) is 0. The lowest BCUT2D eigenvalue weighted by atomic mass is 10.2. The Labute approximate surface area is 72.7 Å². The van der Waals surface area contributed by atoms with Crippen LogP contribution >= 0.6 is 0 Å². The van der Waals surface area contributed by atoms with Crippen molar-refractivity contribution in [1.82, 2.24) is 0 Å². The van der Waals surface area contributed by atoms with E-state index in [4.69, 9.17) is 0 Å². The molecule has 66 valence electrons. The van der Waals surface area contributed by atoms with Crippen molar-refractivity contribution >= 4 is 8.07 Å². The summed E-state index contributed by atoms with van der Waals surface area (Å²) >= 11 is 0. The average Bonchev–Trinajstić information content (AvgIpc) is 1.85. The van der Waals surface area contributed by atoms with Gasteiger partial charge in [0.2, 0.25) is 0 Å². The number of hydrogen-bond donors (Lipinski definition) is 0. The molecule has 0 atom stereocenters. The maximum Gasteiger partial charge on any atom is 0.0442 e. The lowest BCUT2D eigenvalue weighted by molar-refractivity contribution is 0.802. The molecule has 1 heteroatoms. The van der Waals surface area contributed by atoms with Crippen LogP contribution in [0.25, 0.3) is 0 Å². The van der Waals surface area contributed by atoms with E-state index in [1.807, 2.05) is 0 Å². The Bertz CT molecular complexity index is 109. The third kappa shape index (κ3) is 9.96. The average molecular weight is 170 g/mol. The third-order valence-electron chi connectivity index (χ3n) is 1.78. The highest BCUT2D eigenvalue weighted by atomic mass is 28.3. The molecule has 0 heterocycles. The van der Waals surface area contributed by atoms with Crippen LogP contribution in [0.15, 0.2) is 12.2 Å². The van der Waals surface area contributed by atoms with Crippen molar-refractivity contribution in [3.63, 3.8) is 0 Å². The highest BCUT2D eigenvalue weighted by Crippen LogP contribution is 2.13. The Morgan fingerprint density at radius 1 is 1.09 bits per heavy atom. The van der Waals surface area contributed by atoms with E-state index in [0.717, 1.165) is 0 Å². The van der Waals surface area contributed by atoms with Gasteiger partial charge in [0, 0.05) is 8.07 Å². The number of allylic oxidation sites excluding steroid dienone is 2. The van der Waals surface area contributed by atoms with E-state index >= 15 is 0 Å². The fourth-order valence-corrected chi connectivity index (χ4v) is 2.39. The molecule has 11 heavy (non-hydrogen) atoms. The van der Waals surface area contributed by atoms with Gasteiger partial charge in [-0.3, -0.25) is 0 Å². The first-order valence-electron chi connectivity index (χ1n) is 4.67. The zero-order chi connectivity index (χ0) is 8.74. The zero-order valence-electron chi connectivity index (χ0n) is 8.48. The largest absolute Gasteiger partial charge is 0.0917 e. The molecule has 0 radical (unpaired) electrons. The van der Waals surface area contributed by atoms with Gasteiger partial charge in [-0.25, -0.2) is 0 Å². The number of unbranched alkanes of at least 4 members (excludes halogenated alkanes) is 2. The van der Waals surface area contributed by atoms with Gasteiger partial charge in [-0.1, -0.05) is 50.7 Å². The molecule has 0 aromatic carbocycles. The highest BCUT2D eigenvalue weighted by Gasteiger charge is 2.10. The lowest BCUT2D eigenvalue weighted by Crippen LogP contribution is -2.18. The van der Waals surface area contributed by atoms with Gasteiger partial charge < -0.3 is 0 Å². The van der Waals surface area contributed by atoms with E-state index < -0.39 is 8.07 Å². The van der Waals surface area contributed by atoms with E-state index in [9.17, 15) is 0 Å². The van der Waals surface area contributed by atoms with Crippen LogP contribution in [-0.2, 0) is 0 Å². The second kappa shape index (κ2) is 5.59. The molecular formula is C10H22Si. The molecule has 0 N–H and O–H groups in total. The maximum absolute atomic E-state index is 2.45. The Hall–Kier alpha value is -0.0431. The van der Waals surface area contributed by atoms with Crippen molar-refractivity contribution < 1.29 is 0 Å². The molecule has 0 aromatic rings. The third-order valence-corrected chi connectivity index (χ3v) is 3.64. The number of hydrogen-bond acceptors (Lipinski definition) is 0. The summed E-state index contributed by atoms with van der Waals surface area (Å²) in [6, 6.07) is 1.49. The summed E-state index contributed by atoms with van der Waals surface area (Å²) < 4.78 is 0.